The van der Waals surface area contributed by atoms with Crippen molar-refractivity contribution in [3.05, 3.63) is 73.1 Å². The summed E-state index contributed by atoms with van der Waals surface area (Å²) in [4.78, 5) is 16.1. The first-order valence-corrected chi connectivity index (χ1v) is 10.1. The molecule has 5 rings (SSSR count). The predicted molar refractivity (Wildman–Crippen MR) is 117 cm³/mol. The van der Waals surface area contributed by atoms with E-state index in [2.05, 4.69) is 22.9 Å². The average molecular weight is 398 g/mol. The normalized spacial score (nSPS) is 15.2. The minimum Gasteiger partial charge on any atom is -0.486 e. The first-order chi connectivity index (χ1) is 14.8. The second-order valence-corrected chi connectivity index (χ2v) is 7.17. The minimum atomic E-state index is -0.0876. The monoisotopic (exact) mass is 398 g/mol. The Hall–Kier alpha value is -3.67. The van der Waals surface area contributed by atoms with Gasteiger partial charge in [-0.05, 0) is 43.3 Å². The SMILES string of the molecule is CCN(CC1COc2ccccc2O1)c1nc(-c2cccnc2)nc2ccccc12. The van der Waals surface area contributed by atoms with Crippen LogP contribution in [0, 0.1) is 0 Å². The van der Waals surface area contributed by atoms with E-state index in [1.807, 2.05) is 54.6 Å². The number of likely N-dealkylation sites (N-methyl/N-ethyl adjacent to an activating group) is 1. The lowest BCUT2D eigenvalue weighted by molar-refractivity contribution is 0.0953. The molecule has 0 amide bonds. The molecule has 30 heavy (non-hydrogen) atoms. The molecule has 0 radical (unpaired) electrons. The van der Waals surface area contributed by atoms with Crippen LogP contribution in [0.4, 0.5) is 5.82 Å². The molecule has 150 valence electrons. The van der Waals surface area contributed by atoms with Crippen molar-refractivity contribution in [1.29, 1.82) is 0 Å². The summed E-state index contributed by atoms with van der Waals surface area (Å²) in [5.41, 5.74) is 1.80. The van der Waals surface area contributed by atoms with Crippen LogP contribution in [0.3, 0.4) is 0 Å². The van der Waals surface area contributed by atoms with Gasteiger partial charge in [-0.2, -0.15) is 0 Å². The molecule has 0 N–H and O–H groups in total. The number of benzene rings is 2. The molecule has 1 aliphatic rings. The molecule has 0 bridgehead atoms. The molecule has 0 fully saturated rings. The van der Waals surface area contributed by atoms with Gasteiger partial charge in [-0.3, -0.25) is 4.98 Å². The van der Waals surface area contributed by atoms with Crippen LogP contribution in [0.25, 0.3) is 22.3 Å². The van der Waals surface area contributed by atoms with Gasteiger partial charge < -0.3 is 14.4 Å². The first-order valence-electron chi connectivity index (χ1n) is 10.1. The van der Waals surface area contributed by atoms with Crippen LogP contribution in [0.5, 0.6) is 11.5 Å². The van der Waals surface area contributed by atoms with Gasteiger partial charge in [-0.25, -0.2) is 9.97 Å². The number of para-hydroxylation sites is 3. The van der Waals surface area contributed by atoms with Gasteiger partial charge in [0.1, 0.15) is 12.4 Å². The number of anilines is 1. The molecule has 0 spiro atoms. The summed E-state index contributed by atoms with van der Waals surface area (Å²) >= 11 is 0. The van der Waals surface area contributed by atoms with E-state index < -0.39 is 0 Å². The van der Waals surface area contributed by atoms with E-state index in [9.17, 15) is 0 Å². The van der Waals surface area contributed by atoms with Crippen LogP contribution < -0.4 is 14.4 Å². The number of nitrogens with zero attached hydrogens (tertiary/aromatic N) is 4. The molecule has 0 aliphatic carbocycles. The van der Waals surface area contributed by atoms with E-state index in [0.29, 0.717) is 19.0 Å². The lowest BCUT2D eigenvalue weighted by Gasteiger charge is -2.32. The van der Waals surface area contributed by atoms with Gasteiger partial charge in [0.2, 0.25) is 0 Å². The Morgan fingerprint density at radius 3 is 2.63 bits per heavy atom. The molecular weight excluding hydrogens is 376 g/mol. The van der Waals surface area contributed by atoms with Crippen LogP contribution in [-0.2, 0) is 0 Å². The summed E-state index contributed by atoms with van der Waals surface area (Å²) in [6.07, 6.45) is 3.46. The summed E-state index contributed by atoms with van der Waals surface area (Å²) in [5, 5.41) is 1.02. The maximum Gasteiger partial charge on any atom is 0.163 e. The van der Waals surface area contributed by atoms with Gasteiger partial charge in [0.15, 0.2) is 23.4 Å². The fourth-order valence-electron chi connectivity index (χ4n) is 3.69. The Morgan fingerprint density at radius 2 is 1.80 bits per heavy atom. The predicted octanol–water partition coefficient (Wildman–Crippen LogP) is 4.36. The molecular formula is C24H22N4O2. The van der Waals surface area contributed by atoms with E-state index in [4.69, 9.17) is 19.4 Å². The van der Waals surface area contributed by atoms with Crippen LogP contribution in [0.1, 0.15) is 6.92 Å². The van der Waals surface area contributed by atoms with Crippen molar-refractivity contribution in [1.82, 2.24) is 15.0 Å². The third kappa shape index (κ3) is 3.52. The van der Waals surface area contributed by atoms with E-state index in [1.165, 1.54) is 0 Å². The molecule has 4 aromatic rings. The summed E-state index contributed by atoms with van der Waals surface area (Å²) in [6.45, 7) is 4.08. The Balaban J connectivity index is 1.50. The van der Waals surface area contributed by atoms with Gasteiger partial charge in [0.05, 0.1) is 12.1 Å². The first kappa shape index (κ1) is 18.4. The van der Waals surface area contributed by atoms with E-state index in [1.54, 1.807) is 12.4 Å². The van der Waals surface area contributed by atoms with E-state index in [0.717, 1.165) is 40.3 Å². The number of aromatic nitrogens is 3. The molecule has 1 unspecified atom stereocenters. The third-order valence-electron chi connectivity index (χ3n) is 5.18. The van der Waals surface area contributed by atoms with Crippen molar-refractivity contribution in [2.45, 2.75) is 13.0 Å². The molecule has 1 atom stereocenters. The number of hydrogen-bond acceptors (Lipinski definition) is 6. The summed E-state index contributed by atoms with van der Waals surface area (Å²) in [6, 6.07) is 19.8. The molecule has 3 heterocycles. The molecule has 0 saturated heterocycles. The van der Waals surface area contributed by atoms with Crippen molar-refractivity contribution in [3.8, 4) is 22.9 Å². The maximum absolute atomic E-state index is 6.19. The Kier molecular flexibility index (Phi) is 4.89. The summed E-state index contributed by atoms with van der Waals surface area (Å²) < 4.78 is 12.1. The Bertz CT molecular complexity index is 1170. The van der Waals surface area contributed by atoms with Crippen molar-refractivity contribution < 1.29 is 9.47 Å². The number of hydrogen-bond donors (Lipinski definition) is 0. The quantitative estimate of drug-likeness (QED) is 0.498. The van der Waals surface area contributed by atoms with Crippen LogP contribution >= 0.6 is 0 Å². The van der Waals surface area contributed by atoms with Crippen LogP contribution in [-0.4, -0.2) is 40.8 Å². The second kappa shape index (κ2) is 7.99. The van der Waals surface area contributed by atoms with E-state index in [-0.39, 0.29) is 6.10 Å². The zero-order valence-corrected chi connectivity index (χ0v) is 16.7. The molecule has 2 aromatic carbocycles. The van der Waals surface area contributed by atoms with Crippen molar-refractivity contribution in [2.75, 3.05) is 24.6 Å². The fourth-order valence-corrected chi connectivity index (χ4v) is 3.69. The maximum atomic E-state index is 6.19. The van der Waals surface area contributed by atoms with Gasteiger partial charge in [-0.1, -0.05) is 24.3 Å². The van der Waals surface area contributed by atoms with E-state index >= 15 is 0 Å². The average Bonchev–Trinajstić information content (AvgIpc) is 2.82. The van der Waals surface area contributed by atoms with Gasteiger partial charge in [-0.15, -0.1) is 0 Å². The molecule has 6 heteroatoms. The highest BCUT2D eigenvalue weighted by atomic mass is 16.6. The second-order valence-electron chi connectivity index (χ2n) is 7.17. The van der Waals surface area contributed by atoms with Crippen molar-refractivity contribution in [3.63, 3.8) is 0 Å². The number of ether oxygens (including phenoxy) is 2. The molecule has 2 aromatic heterocycles. The van der Waals surface area contributed by atoms with Gasteiger partial charge in [0.25, 0.3) is 0 Å². The zero-order valence-electron chi connectivity index (χ0n) is 16.7. The number of rotatable bonds is 5. The minimum absolute atomic E-state index is 0.0876. The fraction of sp³-hybridized carbons (Fsp3) is 0.208. The summed E-state index contributed by atoms with van der Waals surface area (Å²) in [7, 11) is 0. The Morgan fingerprint density at radius 1 is 0.967 bits per heavy atom. The third-order valence-corrected chi connectivity index (χ3v) is 5.18. The number of pyridine rings is 1. The Labute approximate surface area is 175 Å². The smallest absolute Gasteiger partial charge is 0.163 e. The standard InChI is InChI=1S/C24H22N4O2/c1-2-28(15-18-16-29-21-11-5-6-12-22(21)30-18)24-19-9-3-4-10-20(19)26-23(27-24)17-8-7-13-25-14-17/h3-14,18H,2,15-16H2,1H3. The lowest BCUT2D eigenvalue weighted by atomic mass is 10.2. The topological polar surface area (TPSA) is 60.4 Å². The highest BCUT2D eigenvalue weighted by Crippen LogP contribution is 2.32. The van der Waals surface area contributed by atoms with Gasteiger partial charge in [0, 0.05) is 29.9 Å². The molecule has 6 nitrogen and oxygen atoms in total. The zero-order chi connectivity index (χ0) is 20.3. The molecule has 1 aliphatic heterocycles. The summed E-state index contributed by atoms with van der Waals surface area (Å²) in [5.74, 6) is 3.14. The largest absolute Gasteiger partial charge is 0.486 e. The molecule has 0 saturated carbocycles. The number of fused-ring (bicyclic) bond motifs is 2. The lowest BCUT2D eigenvalue weighted by Crippen LogP contribution is -2.41. The van der Waals surface area contributed by atoms with Crippen molar-refractivity contribution >= 4 is 16.7 Å². The van der Waals surface area contributed by atoms with Crippen molar-refractivity contribution in [2.24, 2.45) is 0 Å². The highest BCUT2D eigenvalue weighted by molar-refractivity contribution is 5.91. The van der Waals surface area contributed by atoms with Gasteiger partial charge >= 0.3 is 0 Å². The highest BCUT2D eigenvalue weighted by Gasteiger charge is 2.24. The van der Waals surface area contributed by atoms with Crippen LogP contribution in [0.15, 0.2) is 73.1 Å². The van der Waals surface area contributed by atoms with Crippen LogP contribution in [0.2, 0.25) is 0 Å².